The van der Waals surface area contributed by atoms with E-state index in [2.05, 4.69) is 10.1 Å². The third-order valence-electron chi connectivity index (χ3n) is 4.00. The second-order valence-corrected chi connectivity index (χ2v) is 6.40. The van der Waals surface area contributed by atoms with Gasteiger partial charge in [-0.25, -0.2) is 0 Å². The van der Waals surface area contributed by atoms with Gasteiger partial charge in [0.2, 0.25) is 11.7 Å². The molecule has 1 fully saturated rings. The number of benzene rings is 1. The second kappa shape index (κ2) is 5.96. The van der Waals surface area contributed by atoms with Gasteiger partial charge in [-0.05, 0) is 24.3 Å². The maximum Gasteiger partial charge on any atom is 0.264 e. The summed E-state index contributed by atoms with van der Waals surface area (Å²) >= 11 is 1.46. The Labute approximate surface area is 137 Å². The molecular formula is C17H15N3O2S. The van der Waals surface area contributed by atoms with Gasteiger partial charge in [0.25, 0.3) is 5.91 Å². The van der Waals surface area contributed by atoms with Gasteiger partial charge >= 0.3 is 0 Å². The molecule has 1 aromatic carbocycles. The Bertz CT molecular complexity index is 798. The van der Waals surface area contributed by atoms with Crippen molar-refractivity contribution in [1.82, 2.24) is 15.0 Å². The summed E-state index contributed by atoms with van der Waals surface area (Å²) < 4.78 is 5.45. The number of aromatic nitrogens is 2. The van der Waals surface area contributed by atoms with E-state index in [4.69, 9.17) is 4.52 Å². The molecule has 0 saturated carbocycles. The number of thiophene rings is 1. The largest absolute Gasteiger partial charge is 0.337 e. The summed E-state index contributed by atoms with van der Waals surface area (Å²) in [5.74, 6) is 1.13. The van der Waals surface area contributed by atoms with Crippen LogP contribution in [-0.2, 0) is 0 Å². The van der Waals surface area contributed by atoms with Crippen molar-refractivity contribution in [2.45, 2.75) is 18.9 Å². The van der Waals surface area contributed by atoms with Crippen molar-refractivity contribution in [3.8, 4) is 11.4 Å². The van der Waals surface area contributed by atoms with Gasteiger partial charge in [-0.15, -0.1) is 11.3 Å². The zero-order chi connectivity index (χ0) is 15.6. The molecule has 0 unspecified atom stereocenters. The van der Waals surface area contributed by atoms with Crippen molar-refractivity contribution in [2.24, 2.45) is 0 Å². The number of rotatable bonds is 3. The van der Waals surface area contributed by atoms with Crippen molar-refractivity contribution in [3.63, 3.8) is 0 Å². The standard InChI is InChI=1S/C17H15N3O2S/c21-17(14-9-5-11-23-14)20-10-4-8-13(20)16-18-15(19-22-16)12-6-2-1-3-7-12/h1-3,5-7,9,11,13H,4,8,10H2/t13-/m1/s1. The van der Waals surface area contributed by atoms with E-state index in [9.17, 15) is 4.79 Å². The first kappa shape index (κ1) is 14.1. The van der Waals surface area contributed by atoms with E-state index in [-0.39, 0.29) is 11.9 Å². The van der Waals surface area contributed by atoms with Crippen LogP contribution in [0.5, 0.6) is 0 Å². The van der Waals surface area contributed by atoms with E-state index in [0.717, 1.165) is 29.8 Å². The van der Waals surface area contributed by atoms with Crippen LogP contribution >= 0.6 is 11.3 Å². The molecular weight excluding hydrogens is 310 g/mol. The summed E-state index contributed by atoms with van der Waals surface area (Å²) in [6.07, 6.45) is 1.80. The fourth-order valence-electron chi connectivity index (χ4n) is 2.88. The lowest BCUT2D eigenvalue weighted by atomic mass is 10.2. The number of carbonyl (C=O) groups is 1. The first-order valence-corrected chi connectivity index (χ1v) is 8.44. The van der Waals surface area contributed by atoms with Crippen LogP contribution in [0.2, 0.25) is 0 Å². The lowest BCUT2D eigenvalue weighted by Crippen LogP contribution is -2.30. The minimum Gasteiger partial charge on any atom is -0.337 e. The van der Waals surface area contributed by atoms with E-state index < -0.39 is 0 Å². The Balaban J connectivity index is 1.60. The highest BCUT2D eigenvalue weighted by atomic mass is 32.1. The molecule has 0 radical (unpaired) electrons. The average Bonchev–Trinajstić information content (AvgIpc) is 3.35. The molecule has 0 spiro atoms. The average molecular weight is 325 g/mol. The molecule has 0 bridgehead atoms. The lowest BCUT2D eigenvalue weighted by Gasteiger charge is -2.20. The minimum absolute atomic E-state index is 0.0435. The highest BCUT2D eigenvalue weighted by Gasteiger charge is 2.34. The smallest absolute Gasteiger partial charge is 0.264 e. The summed E-state index contributed by atoms with van der Waals surface area (Å²) in [4.78, 5) is 19.7. The second-order valence-electron chi connectivity index (χ2n) is 5.46. The number of hydrogen-bond acceptors (Lipinski definition) is 5. The van der Waals surface area contributed by atoms with Crippen LogP contribution in [0.1, 0.15) is 34.4 Å². The van der Waals surface area contributed by atoms with E-state index in [1.807, 2.05) is 52.7 Å². The van der Waals surface area contributed by atoms with Gasteiger partial charge in [0.05, 0.1) is 4.88 Å². The van der Waals surface area contributed by atoms with Gasteiger partial charge in [0, 0.05) is 12.1 Å². The summed E-state index contributed by atoms with van der Waals surface area (Å²) in [7, 11) is 0. The quantitative estimate of drug-likeness (QED) is 0.735. The van der Waals surface area contributed by atoms with Crippen LogP contribution in [-0.4, -0.2) is 27.5 Å². The molecule has 4 rings (SSSR count). The number of likely N-dealkylation sites (tertiary alicyclic amines) is 1. The highest BCUT2D eigenvalue weighted by Crippen LogP contribution is 2.33. The maximum absolute atomic E-state index is 12.6. The molecule has 1 aliphatic heterocycles. The number of carbonyl (C=O) groups excluding carboxylic acids is 1. The normalized spacial score (nSPS) is 17.6. The van der Waals surface area contributed by atoms with Crippen molar-refractivity contribution in [2.75, 3.05) is 6.54 Å². The van der Waals surface area contributed by atoms with E-state index >= 15 is 0 Å². The molecule has 1 amide bonds. The SMILES string of the molecule is O=C(c1cccs1)N1CCC[C@@H]1c1nc(-c2ccccc2)no1. The van der Waals surface area contributed by atoms with Crippen molar-refractivity contribution >= 4 is 17.2 Å². The molecule has 23 heavy (non-hydrogen) atoms. The van der Waals surface area contributed by atoms with Gasteiger partial charge in [0.15, 0.2) is 0 Å². The maximum atomic E-state index is 12.6. The number of amides is 1. The molecule has 5 nitrogen and oxygen atoms in total. The molecule has 3 aromatic rings. The molecule has 2 aromatic heterocycles. The van der Waals surface area contributed by atoms with Crippen molar-refractivity contribution in [3.05, 3.63) is 58.6 Å². The zero-order valence-electron chi connectivity index (χ0n) is 12.4. The van der Waals surface area contributed by atoms with Gasteiger partial charge in [-0.1, -0.05) is 41.6 Å². The van der Waals surface area contributed by atoms with Crippen LogP contribution in [0.25, 0.3) is 11.4 Å². The summed E-state index contributed by atoms with van der Waals surface area (Å²) in [6, 6.07) is 13.3. The Morgan fingerprint density at radius 3 is 2.87 bits per heavy atom. The predicted octanol–water partition coefficient (Wildman–Crippen LogP) is 3.78. The third kappa shape index (κ3) is 2.66. The minimum atomic E-state index is -0.130. The lowest BCUT2D eigenvalue weighted by molar-refractivity contribution is 0.0715. The molecule has 0 N–H and O–H groups in total. The molecule has 1 saturated heterocycles. The Kier molecular flexibility index (Phi) is 3.67. The number of nitrogens with zero attached hydrogens (tertiary/aromatic N) is 3. The molecule has 1 atom stereocenters. The van der Waals surface area contributed by atoms with Crippen LogP contribution in [0.15, 0.2) is 52.4 Å². The van der Waals surface area contributed by atoms with E-state index in [0.29, 0.717) is 11.7 Å². The fourth-order valence-corrected chi connectivity index (χ4v) is 3.56. The van der Waals surface area contributed by atoms with Crippen LogP contribution in [0.3, 0.4) is 0 Å². The Hall–Kier alpha value is -2.47. The number of hydrogen-bond donors (Lipinski definition) is 0. The molecule has 6 heteroatoms. The van der Waals surface area contributed by atoms with E-state index in [1.54, 1.807) is 0 Å². The van der Waals surface area contributed by atoms with E-state index in [1.165, 1.54) is 11.3 Å². The van der Waals surface area contributed by atoms with Crippen LogP contribution < -0.4 is 0 Å². The molecule has 116 valence electrons. The zero-order valence-corrected chi connectivity index (χ0v) is 13.2. The monoisotopic (exact) mass is 325 g/mol. The Morgan fingerprint density at radius 1 is 1.22 bits per heavy atom. The predicted molar refractivity (Wildman–Crippen MR) is 87.1 cm³/mol. The third-order valence-corrected chi connectivity index (χ3v) is 4.86. The highest BCUT2D eigenvalue weighted by molar-refractivity contribution is 7.12. The Morgan fingerprint density at radius 2 is 2.09 bits per heavy atom. The summed E-state index contributed by atoms with van der Waals surface area (Å²) in [5, 5.41) is 5.98. The van der Waals surface area contributed by atoms with Gasteiger partial charge in [-0.3, -0.25) is 4.79 Å². The van der Waals surface area contributed by atoms with Gasteiger partial charge in [-0.2, -0.15) is 4.98 Å². The van der Waals surface area contributed by atoms with Gasteiger partial charge < -0.3 is 9.42 Å². The van der Waals surface area contributed by atoms with Crippen molar-refractivity contribution in [1.29, 1.82) is 0 Å². The molecule has 3 heterocycles. The fraction of sp³-hybridized carbons (Fsp3) is 0.235. The topological polar surface area (TPSA) is 59.2 Å². The molecule has 0 aliphatic carbocycles. The van der Waals surface area contributed by atoms with Crippen LogP contribution in [0.4, 0.5) is 0 Å². The first-order valence-electron chi connectivity index (χ1n) is 7.56. The molecule has 1 aliphatic rings. The van der Waals surface area contributed by atoms with Gasteiger partial charge in [0.1, 0.15) is 6.04 Å². The summed E-state index contributed by atoms with van der Waals surface area (Å²) in [6.45, 7) is 0.727. The van der Waals surface area contributed by atoms with Crippen LogP contribution in [0, 0.1) is 0 Å². The first-order chi connectivity index (χ1) is 11.3. The summed E-state index contributed by atoms with van der Waals surface area (Å²) in [5.41, 5.74) is 0.914. The van der Waals surface area contributed by atoms with Crippen molar-refractivity contribution < 1.29 is 9.32 Å².